The zero-order valence-corrected chi connectivity index (χ0v) is 11.8. The van der Waals surface area contributed by atoms with E-state index in [0.717, 1.165) is 47.2 Å². The third-order valence-corrected chi connectivity index (χ3v) is 5.18. The Labute approximate surface area is 115 Å². The second-order valence-electron chi connectivity index (χ2n) is 5.76. The molecular weight excluding hydrogens is 294 g/mol. The van der Waals surface area contributed by atoms with E-state index in [-0.39, 0.29) is 11.3 Å². The second-order valence-corrected chi connectivity index (χ2v) is 6.61. The fourth-order valence-electron chi connectivity index (χ4n) is 2.99. The SMILES string of the molecule is NC1(c2cc3c(cc2Br)OC2(CCC2)O3)CCC1. The van der Waals surface area contributed by atoms with Gasteiger partial charge in [-0.3, -0.25) is 0 Å². The molecule has 3 aliphatic rings. The van der Waals surface area contributed by atoms with Gasteiger partial charge in [-0.1, -0.05) is 15.9 Å². The van der Waals surface area contributed by atoms with Crippen molar-refractivity contribution in [1.82, 2.24) is 0 Å². The Morgan fingerprint density at radius 1 is 1.00 bits per heavy atom. The number of benzene rings is 1. The van der Waals surface area contributed by atoms with E-state index in [1.807, 2.05) is 6.07 Å². The maximum absolute atomic E-state index is 6.41. The highest BCUT2D eigenvalue weighted by Crippen LogP contribution is 2.52. The molecule has 2 N–H and O–H groups in total. The Balaban J connectivity index is 1.74. The molecule has 0 saturated heterocycles. The van der Waals surface area contributed by atoms with Crippen LogP contribution in [0.25, 0.3) is 0 Å². The van der Waals surface area contributed by atoms with Gasteiger partial charge in [-0.25, -0.2) is 0 Å². The summed E-state index contributed by atoms with van der Waals surface area (Å²) in [5.74, 6) is 1.36. The van der Waals surface area contributed by atoms with E-state index in [0.29, 0.717) is 0 Å². The third kappa shape index (κ3) is 1.39. The summed E-state index contributed by atoms with van der Waals surface area (Å²) in [4.78, 5) is 0. The molecular formula is C14H16BrNO2. The molecule has 0 bridgehead atoms. The number of fused-ring (bicyclic) bond motifs is 1. The molecule has 1 aliphatic heterocycles. The molecule has 1 aromatic carbocycles. The fourth-order valence-corrected chi connectivity index (χ4v) is 3.71. The molecule has 1 spiro atoms. The maximum atomic E-state index is 6.41. The van der Waals surface area contributed by atoms with Crippen molar-refractivity contribution < 1.29 is 9.47 Å². The number of halogens is 1. The Hall–Kier alpha value is -0.740. The molecule has 4 heteroatoms. The van der Waals surface area contributed by atoms with Gasteiger partial charge in [0.05, 0.1) is 0 Å². The van der Waals surface area contributed by atoms with Crippen LogP contribution in [0.1, 0.15) is 44.1 Å². The highest BCUT2D eigenvalue weighted by molar-refractivity contribution is 9.10. The molecule has 4 rings (SSSR count). The van der Waals surface area contributed by atoms with Gasteiger partial charge >= 0.3 is 0 Å². The lowest BCUT2D eigenvalue weighted by Crippen LogP contribution is -2.45. The first-order chi connectivity index (χ1) is 8.60. The molecule has 0 unspecified atom stereocenters. The van der Waals surface area contributed by atoms with E-state index >= 15 is 0 Å². The lowest BCUT2D eigenvalue weighted by atomic mass is 9.73. The lowest BCUT2D eigenvalue weighted by Gasteiger charge is -2.39. The van der Waals surface area contributed by atoms with Crippen molar-refractivity contribution in [1.29, 1.82) is 0 Å². The van der Waals surface area contributed by atoms with Gasteiger partial charge in [0.15, 0.2) is 11.5 Å². The average Bonchev–Trinajstić information content (AvgIpc) is 2.63. The number of hydrogen-bond acceptors (Lipinski definition) is 3. The molecule has 2 aliphatic carbocycles. The van der Waals surface area contributed by atoms with Crippen LogP contribution in [0.4, 0.5) is 0 Å². The van der Waals surface area contributed by atoms with Crippen LogP contribution >= 0.6 is 15.9 Å². The summed E-state index contributed by atoms with van der Waals surface area (Å²) >= 11 is 3.62. The van der Waals surface area contributed by atoms with Crippen molar-refractivity contribution >= 4 is 15.9 Å². The van der Waals surface area contributed by atoms with Crippen molar-refractivity contribution in [3.63, 3.8) is 0 Å². The van der Waals surface area contributed by atoms with Crippen LogP contribution in [0.3, 0.4) is 0 Å². The van der Waals surface area contributed by atoms with Gasteiger partial charge in [0.2, 0.25) is 0 Å². The minimum absolute atomic E-state index is 0.174. The molecule has 96 valence electrons. The molecule has 1 aromatic rings. The zero-order valence-electron chi connectivity index (χ0n) is 10.2. The maximum Gasteiger partial charge on any atom is 0.251 e. The van der Waals surface area contributed by atoms with Crippen molar-refractivity contribution in [2.45, 2.75) is 49.9 Å². The van der Waals surface area contributed by atoms with Crippen molar-refractivity contribution in [3.8, 4) is 11.5 Å². The molecule has 3 nitrogen and oxygen atoms in total. The summed E-state index contributed by atoms with van der Waals surface area (Å²) in [6, 6.07) is 4.09. The number of ether oxygens (including phenoxy) is 2. The van der Waals surface area contributed by atoms with Gasteiger partial charge in [0.1, 0.15) is 0 Å². The first-order valence-electron chi connectivity index (χ1n) is 6.61. The van der Waals surface area contributed by atoms with Crippen molar-refractivity contribution in [2.24, 2.45) is 5.73 Å². The average molecular weight is 310 g/mol. The predicted molar refractivity (Wildman–Crippen MR) is 71.7 cm³/mol. The summed E-state index contributed by atoms with van der Waals surface area (Å²) in [6.07, 6.45) is 6.47. The lowest BCUT2D eigenvalue weighted by molar-refractivity contribution is -0.138. The van der Waals surface area contributed by atoms with Crippen LogP contribution in [0.15, 0.2) is 16.6 Å². The van der Waals surface area contributed by atoms with E-state index in [9.17, 15) is 0 Å². The van der Waals surface area contributed by atoms with Gasteiger partial charge in [-0.05, 0) is 43.4 Å². The van der Waals surface area contributed by atoms with Crippen LogP contribution in [0, 0.1) is 0 Å². The molecule has 1 heterocycles. The van der Waals surface area contributed by atoms with Gasteiger partial charge in [0, 0.05) is 22.9 Å². The fraction of sp³-hybridized carbons (Fsp3) is 0.571. The smallest absolute Gasteiger partial charge is 0.251 e. The second kappa shape index (κ2) is 3.42. The number of hydrogen-bond donors (Lipinski definition) is 1. The summed E-state index contributed by atoms with van der Waals surface area (Å²) in [5, 5.41) is 0. The van der Waals surface area contributed by atoms with Crippen LogP contribution < -0.4 is 15.2 Å². The van der Waals surface area contributed by atoms with Gasteiger partial charge in [0.25, 0.3) is 5.79 Å². The van der Waals surface area contributed by atoms with Crippen molar-refractivity contribution in [3.05, 3.63) is 22.2 Å². The molecule has 0 radical (unpaired) electrons. The molecule has 18 heavy (non-hydrogen) atoms. The van der Waals surface area contributed by atoms with Gasteiger partial charge < -0.3 is 15.2 Å². The van der Waals surface area contributed by atoms with Gasteiger partial charge in [-0.15, -0.1) is 0 Å². The quantitative estimate of drug-likeness (QED) is 0.864. The van der Waals surface area contributed by atoms with Crippen LogP contribution in [-0.2, 0) is 5.54 Å². The van der Waals surface area contributed by atoms with E-state index in [4.69, 9.17) is 15.2 Å². The van der Waals surface area contributed by atoms with E-state index in [1.54, 1.807) is 0 Å². The summed E-state index contributed by atoms with van der Waals surface area (Å²) in [6.45, 7) is 0. The highest BCUT2D eigenvalue weighted by Gasteiger charge is 2.48. The number of nitrogens with two attached hydrogens (primary N) is 1. The molecule has 0 atom stereocenters. The van der Waals surface area contributed by atoms with E-state index in [1.165, 1.54) is 12.8 Å². The first-order valence-corrected chi connectivity index (χ1v) is 7.41. The summed E-state index contributed by atoms with van der Waals surface area (Å²) < 4.78 is 13.0. The Morgan fingerprint density at radius 3 is 2.11 bits per heavy atom. The monoisotopic (exact) mass is 309 g/mol. The normalized spacial score (nSPS) is 25.7. The molecule has 2 fully saturated rings. The predicted octanol–water partition coefficient (Wildman–Crippen LogP) is 3.44. The zero-order chi connectivity index (χ0) is 12.4. The minimum atomic E-state index is -0.359. The Kier molecular flexibility index (Phi) is 2.11. The largest absolute Gasteiger partial charge is 0.448 e. The molecule has 2 saturated carbocycles. The standard InChI is InChI=1S/C14H16BrNO2/c15-10-8-12-11(17-14(18-12)5-2-6-14)7-9(10)13(16)3-1-4-13/h7-8H,1-6,16H2. The summed E-state index contributed by atoms with van der Waals surface area (Å²) in [7, 11) is 0. The topological polar surface area (TPSA) is 44.5 Å². The highest BCUT2D eigenvalue weighted by atomic mass is 79.9. The van der Waals surface area contributed by atoms with Crippen LogP contribution in [-0.4, -0.2) is 5.79 Å². The van der Waals surface area contributed by atoms with E-state index < -0.39 is 0 Å². The van der Waals surface area contributed by atoms with E-state index in [2.05, 4.69) is 22.0 Å². The minimum Gasteiger partial charge on any atom is -0.448 e. The van der Waals surface area contributed by atoms with Crippen LogP contribution in [0.5, 0.6) is 11.5 Å². The van der Waals surface area contributed by atoms with Crippen molar-refractivity contribution in [2.75, 3.05) is 0 Å². The number of rotatable bonds is 1. The molecule has 0 aromatic heterocycles. The van der Waals surface area contributed by atoms with Crippen LogP contribution in [0.2, 0.25) is 0 Å². The Bertz CT molecular complexity index is 521. The third-order valence-electron chi connectivity index (χ3n) is 4.52. The van der Waals surface area contributed by atoms with Gasteiger partial charge in [-0.2, -0.15) is 0 Å². The Morgan fingerprint density at radius 2 is 1.61 bits per heavy atom. The summed E-state index contributed by atoms with van der Waals surface area (Å²) in [5.41, 5.74) is 7.39. The first kappa shape index (κ1) is 11.1. The molecule has 0 amide bonds.